The molecule has 12 heteroatoms. The molecule has 3 aromatic rings. The number of rotatable bonds is 6. The van der Waals surface area contributed by atoms with E-state index in [9.17, 15) is 26.4 Å². The van der Waals surface area contributed by atoms with Crippen LogP contribution in [0.25, 0.3) is 10.9 Å². The van der Waals surface area contributed by atoms with Crippen LogP contribution in [0.1, 0.15) is 22.5 Å². The molecule has 2 N–H and O–H groups in total. The number of carbonyl (C=O) groups excluding carboxylic acids is 1. The zero-order chi connectivity index (χ0) is 27.0. The summed E-state index contributed by atoms with van der Waals surface area (Å²) < 4.78 is 66.1. The van der Waals surface area contributed by atoms with Crippen molar-refractivity contribution in [3.8, 4) is 0 Å². The van der Waals surface area contributed by atoms with Crippen LogP contribution >= 0.6 is 0 Å². The average molecular weight is 536 g/mol. The Balaban J connectivity index is 1.56. The van der Waals surface area contributed by atoms with Gasteiger partial charge in [0.1, 0.15) is 5.69 Å². The molecule has 4 rings (SSSR count). The lowest BCUT2D eigenvalue weighted by atomic mass is 9.98. The van der Waals surface area contributed by atoms with E-state index in [-0.39, 0.29) is 29.2 Å². The van der Waals surface area contributed by atoms with Crippen molar-refractivity contribution in [3.05, 3.63) is 65.9 Å². The van der Waals surface area contributed by atoms with Gasteiger partial charge in [-0.3, -0.25) is 9.52 Å². The lowest BCUT2D eigenvalue weighted by Gasteiger charge is -2.41. The summed E-state index contributed by atoms with van der Waals surface area (Å²) in [6.45, 7) is 1.15. The van der Waals surface area contributed by atoms with Crippen molar-refractivity contribution >= 4 is 38.2 Å². The van der Waals surface area contributed by atoms with E-state index in [1.165, 1.54) is 6.07 Å². The van der Waals surface area contributed by atoms with Crippen LogP contribution < -0.4 is 14.9 Å². The van der Waals surface area contributed by atoms with Crippen molar-refractivity contribution in [1.82, 2.24) is 15.2 Å². The summed E-state index contributed by atoms with van der Waals surface area (Å²) in [7, 11) is 0.151. The molecular formula is C25H28F3N5O3S. The molecule has 0 saturated carbocycles. The Morgan fingerprint density at radius 3 is 2.54 bits per heavy atom. The largest absolute Gasteiger partial charge is 0.433 e. The van der Waals surface area contributed by atoms with Crippen LogP contribution in [0.3, 0.4) is 0 Å². The van der Waals surface area contributed by atoms with Crippen molar-refractivity contribution in [3.63, 3.8) is 0 Å². The number of amides is 1. The first kappa shape index (κ1) is 26.7. The van der Waals surface area contributed by atoms with Gasteiger partial charge in [0.15, 0.2) is 0 Å². The van der Waals surface area contributed by atoms with Gasteiger partial charge in [-0.1, -0.05) is 24.3 Å². The number of sulfonamides is 1. The lowest BCUT2D eigenvalue weighted by molar-refractivity contribution is -0.140. The van der Waals surface area contributed by atoms with E-state index in [0.29, 0.717) is 36.1 Å². The number of aromatic nitrogens is 1. The fourth-order valence-corrected chi connectivity index (χ4v) is 5.23. The highest BCUT2D eigenvalue weighted by Crippen LogP contribution is 2.35. The van der Waals surface area contributed by atoms with Gasteiger partial charge < -0.3 is 15.1 Å². The number of nitrogens with one attached hydrogen (secondary N) is 2. The summed E-state index contributed by atoms with van der Waals surface area (Å²) in [5.74, 6) is -0.368. The third kappa shape index (κ3) is 6.50. The Kier molecular flexibility index (Phi) is 7.33. The van der Waals surface area contributed by atoms with Crippen molar-refractivity contribution < 1.29 is 26.4 Å². The number of halogens is 3. The zero-order valence-electron chi connectivity index (χ0n) is 20.6. The molecule has 0 spiro atoms. The number of carbonyl (C=O) groups is 1. The van der Waals surface area contributed by atoms with Gasteiger partial charge in [-0.05, 0) is 43.8 Å². The van der Waals surface area contributed by atoms with Gasteiger partial charge in [0, 0.05) is 54.5 Å². The van der Waals surface area contributed by atoms with Crippen LogP contribution in [-0.4, -0.2) is 69.7 Å². The number of likely N-dealkylation sites (tertiary alicyclic amines) is 1. The van der Waals surface area contributed by atoms with Crippen LogP contribution in [0.4, 0.5) is 24.5 Å². The predicted molar refractivity (Wildman–Crippen MR) is 137 cm³/mol. The monoisotopic (exact) mass is 535 g/mol. The van der Waals surface area contributed by atoms with Gasteiger partial charge in [-0.2, -0.15) is 13.2 Å². The quantitative estimate of drug-likeness (QED) is 0.501. The van der Waals surface area contributed by atoms with Gasteiger partial charge in [-0.25, -0.2) is 13.4 Å². The number of hydrogen-bond donors (Lipinski definition) is 2. The van der Waals surface area contributed by atoms with E-state index in [1.54, 1.807) is 49.5 Å². The molecule has 8 nitrogen and oxygen atoms in total. The van der Waals surface area contributed by atoms with Gasteiger partial charge >= 0.3 is 6.18 Å². The third-order valence-corrected chi connectivity index (χ3v) is 6.89. The standard InChI is InChI=1S/C25H28F3N5O3S/c1-32-14-18(29-24(34)16-7-6-8-17(11-16)31-37(3,35)36)12-19(15-32)33(2)22-13-23(25(26,27)28)30-21-10-5-4-9-20(21)22/h4-11,13,18-19,31H,12,14-15H2,1-3H3,(H,29,34)/t18-,19+/m0/s1. The summed E-state index contributed by atoms with van der Waals surface area (Å²) in [4.78, 5) is 20.6. The van der Waals surface area contributed by atoms with Crippen LogP contribution in [0.5, 0.6) is 0 Å². The molecule has 198 valence electrons. The molecule has 1 aliphatic rings. The number of fused-ring (bicyclic) bond motifs is 1. The molecule has 37 heavy (non-hydrogen) atoms. The number of nitrogens with zero attached hydrogens (tertiary/aromatic N) is 3. The molecule has 0 radical (unpaired) electrons. The fraction of sp³-hybridized carbons (Fsp3) is 0.360. The molecule has 2 heterocycles. The number of likely N-dealkylation sites (N-methyl/N-ethyl adjacent to an activating group) is 2. The number of piperidine rings is 1. The molecule has 1 aromatic heterocycles. The smallest absolute Gasteiger partial charge is 0.370 e. The summed E-state index contributed by atoms with van der Waals surface area (Å²) in [5.41, 5.74) is 0.295. The predicted octanol–water partition coefficient (Wildman–Crippen LogP) is 3.56. The van der Waals surface area contributed by atoms with Crippen molar-refractivity contribution in [2.75, 3.05) is 43.1 Å². The van der Waals surface area contributed by atoms with Crippen molar-refractivity contribution in [1.29, 1.82) is 0 Å². The van der Waals surface area contributed by atoms with Gasteiger partial charge in [0.25, 0.3) is 5.91 Å². The molecule has 2 atom stereocenters. The Morgan fingerprint density at radius 1 is 1.11 bits per heavy atom. The highest BCUT2D eigenvalue weighted by atomic mass is 32.2. The van der Waals surface area contributed by atoms with Gasteiger partial charge in [-0.15, -0.1) is 0 Å². The molecule has 1 amide bonds. The second kappa shape index (κ2) is 10.2. The van der Waals surface area contributed by atoms with Gasteiger partial charge in [0.05, 0.1) is 11.8 Å². The maximum absolute atomic E-state index is 13.6. The molecule has 0 bridgehead atoms. The van der Waals surface area contributed by atoms with Crippen LogP contribution in [0, 0.1) is 0 Å². The van der Waals surface area contributed by atoms with Gasteiger partial charge in [0.2, 0.25) is 10.0 Å². The molecular weight excluding hydrogens is 507 g/mol. The molecule has 1 fully saturated rings. The topological polar surface area (TPSA) is 94.6 Å². The Morgan fingerprint density at radius 2 is 1.84 bits per heavy atom. The second-order valence-electron chi connectivity index (χ2n) is 9.39. The van der Waals surface area contributed by atoms with E-state index in [0.717, 1.165) is 12.3 Å². The van der Waals surface area contributed by atoms with E-state index in [4.69, 9.17) is 0 Å². The number of anilines is 2. The maximum Gasteiger partial charge on any atom is 0.433 e. The minimum absolute atomic E-state index is 0.186. The number of benzene rings is 2. The first-order valence-electron chi connectivity index (χ1n) is 11.6. The van der Waals surface area contributed by atoms with E-state index in [2.05, 4.69) is 15.0 Å². The molecule has 2 aromatic carbocycles. The van der Waals surface area contributed by atoms with E-state index >= 15 is 0 Å². The molecule has 1 aliphatic heterocycles. The summed E-state index contributed by atoms with van der Waals surface area (Å²) in [6.07, 6.45) is -3.05. The SMILES string of the molecule is CN1C[C@@H](NC(=O)c2cccc(NS(C)(=O)=O)c2)C[C@@H](N(C)c2cc(C(F)(F)F)nc3ccccc23)C1. The highest BCUT2D eigenvalue weighted by molar-refractivity contribution is 7.92. The third-order valence-electron chi connectivity index (χ3n) is 6.29. The first-order valence-corrected chi connectivity index (χ1v) is 13.5. The Hall–Kier alpha value is -3.38. The Bertz CT molecular complexity index is 1410. The number of alkyl halides is 3. The number of pyridine rings is 1. The fourth-order valence-electron chi connectivity index (χ4n) is 4.67. The molecule has 1 saturated heterocycles. The van der Waals surface area contributed by atoms with Crippen molar-refractivity contribution in [2.24, 2.45) is 0 Å². The maximum atomic E-state index is 13.6. The van der Waals surface area contributed by atoms with Crippen LogP contribution in [-0.2, 0) is 16.2 Å². The van der Waals surface area contributed by atoms with Crippen molar-refractivity contribution in [2.45, 2.75) is 24.7 Å². The summed E-state index contributed by atoms with van der Waals surface area (Å²) in [6, 6.07) is 13.5. The second-order valence-corrected chi connectivity index (χ2v) is 11.1. The number of para-hydroxylation sites is 1. The Labute approximate surface area is 213 Å². The van der Waals surface area contributed by atoms with Crippen LogP contribution in [0.2, 0.25) is 0 Å². The van der Waals surface area contributed by atoms with E-state index in [1.807, 2.05) is 16.8 Å². The molecule has 0 unspecified atom stereocenters. The summed E-state index contributed by atoms with van der Waals surface area (Å²) in [5, 5.41) is 3.60. The summed E-state index contributed by atoms with van der Waals surface area (Å²) >= 11 is 0. The lowest BCUT2D eigenvalue weighted by Crippen LogP contribution is -2.55. The normalized spacial score (nSPS) is 19.0. The average Bonchev–Trinajstić information content (AvgIpc) is 2.81. The minimum Gasteiger partial charge on any atom is -0.370 e. The number of hydrogen-bond acceptors (Lipinski definition) is 6. The first-order chi connectivity index (χ1) is 17.3. The zero-order valence-corrected chi connectivity index (χ0v) is 21.4. The minimum atomic E-state index is -4.58. The molecule has 0 aliphatic carbocycles. The van der Waals surface area contributed by atoms with Crippen LogP contribution in [0.15, 0.2) is 54.6 Å². The van der Waals surface area contributed by atoms with E-state index < -0.39 is 21.9 Å². The highest BCUT2D eigenvalue weighted by Gasteiger charge is 2.35.